The third kappa shape index (κ3) is 4.31. The number of aromatic nitrogens is 1. The number of para-hydroxylation sites is 1. The molecule has 1 heterocycles. The molecule has 0 atom stereocenters. The van der Waals surface area contributed by atoms with Gasteiger partial charge in [-0.25, -0.2) is 13.8 Å². The molecule has 4 aromatic rings. The molecule has 0 aliphatic heterocycles. The normalized spacial score (nSPS) is 10.9. The lowest BCUT2D eigenvalue weighted by Gasteiger charge is -2.14. The Labute approximate surface area is 200 Å². The molecule has 5 nitrogen and oxygen atoms in total. The Balaban J connectivity index is 1.52. The zero-order valence-electron chi connectivity index (χ0n) is 17.6. The molecule has 1 aromatic heterocycles. The van der Waals surface area contributed by atoms with Crippen molar-refractivity contribution >= 4 is 50.5 Å². The van der Waals surface area contributed by atoms with Crippen molar-refractivity contribution in [3.05, 3.63) is 76.9 Å². The molecule has 0 aliphatic rings. The fourth-order valence-corrected chi connectivity index (χ4v) is 4.41. The number of nitrogens with zero attached hydrogens (tertiary/aromatic N) is 1. The Morgan fingerprint density at radius 2 is 1.71 bits per heavy atom. The largest absolute Gasteiger partial charge is 0.491 e. The summed E-state index contributed by atoms with van der Waals surface area (Å²) in [6, 6.07) is 13.1. The lowest BCUT2D eigenvalue weighted by molar-refractivity contribution is 0.0966. The zero-order chi connectivity index (χ0) is 24.6. The van der Waals surface area contributed by atoms with Crippen LogP contribution < -0.4 is 15.4 Å². The van der Waals surface area contributed by atoms with E-state index in [1.807, 2.05) is 35.6 Å². The summed E-state index contributed by atoms with van der Waals surface area (Å²) in [5, 5.41) is 5.26. The molecule has 4 rings (SSSR count). The molecule has 0 bridgehead atoms. The molecule has 34 heavy (non-hydrogen) atoms. The van der Waals surface area contributed by atoms with Crippen molar-refractivity contribution < 1.29 is 27.1 Å². The summed E-state index contributed by atoms with van der Waals surface area (Å²) in [5.41, 5.74) is 1.54. The number of thiocarbonyl (C=S) groups is 1. The number of amides is 1. The number of carbonyl (C=O) groups is 1. The number of nitrogens with one attached hydrogen (secondary N) is 2. The van der Waals surface area contributed by atoms with Crippen LogP contribution in [0.1, 0.15) is 15.9 Å². The molecule has 0 unspecified atom stereocenters. The standard InChI is InChI=1S/C23H15F4N3O2S2/c1-10-9-11(22-28-13-5-3-4-6-14(13)34-22)7-8-12(10)29-23(33)30-21(31)15-16(24)18(26)20(32-2)19(27)17(15)25/h3-9H,1-2H3,(H2,29,30,31,33). The maximum absolute atomic E-state index is 14.2. The molecule has 1 amide bonds. The zero-order valence-corrected chi connectivity index (χ0v) is 19.3. The molecule has 11 heteroatoms. The molecule has 0 fully saturated rings. The maximum Gasteiger partial charge on any atom is 0.263 e. The van der Waals surface area contributed by atoms with Crippen LogP contribution in [0.5, 0.6) is 5.75 Å². The first-order chi connectivity index (χ1) is 16.2. The summed E-state index contributed by atoms with van der Waals surface area (Å²) in [6.45, 7) is 1.79. The average molecular weight is 506 g/mol. The number of ether oxygens (including phenoxy) is 1. The van der Waals surface area contributed by atoms with Crippen molar-refractivity contribution in [3.8, 4) is 16.3 Å². The Morgan fingerprint density at radius 3 is 2.32 bits per heavy atom. The highest BCUT2D eigenvalue weighted by molar-refractivity contribution is 7.80. The van der Waals surface area contributed by atoms with E-state index in [4.69, 9.17) is 12.2 Å². The van der Waals surface area contributed by atoms with Gasteiger partial charge in [-0.2, -0.15) is 8.78 Å². The van der Waals surface area contributed by atoms with Gasteiger partial charge in [-0.3, -0.25) is 10.1 Å². The highest BCUT2D eigenvalue weighted by atomic mass is 32.1. The second kappa shape index (κ2) is 9.35. The molecule has 0 aliphatic carbocycles. The summed E-state index contributed by atoms with van der Waals surface area (Å²) in [4.78, 5) is 16.9. The number of rotatable bonds is 4. The molecule has 0 saturated heterocycles. The number of fused-ring (bicyclic) bond motifs is 1. The van der Waals surface area contributed by atoms with Gasteiger partial charge in [-0.1, -0.05) is 12.1 Å². The van der Waals surface area contributed by atoms with Gasteiger partial charge in [-0.05, 0) is 55.0 Å². The Morgan fingerprint density at radius 1 is 1.03 bits per heavy atom. The topological polar surface area (TPSA) is 63.2 Å². The van der Waals surface area contributed by atoms with E-state index in [-0.39, 0.29) is 5.11 Å². The van der Waals surface area contributed by atoms with Gasteiger partial charge in [0.15, 0.2) is 22.5 Å². The van der Waals surface area contributed by atoms with E-state index in [0.717, 1.165) is 33.5 Å². The predicted octanol–water partition coefficient (Wildman–Crippen LogP) is 5.96. The van der Waals surface area contributed by atoms with Crippen LogP contribution in [0.15, 0.2) is 42.5 Å². The SMILES string of the molecule is COc1c(F)c(F)c(C(=O)NC(=S)Nc2ccc(-c3nc4ccccc4s3)cc2C)c(F)c1F. The van der Waals surface area contributed by atoms with Gasteiger partial charge in [0.25, 0.3) is 5.91 Å². The van der Waals surface area contributed by atoms with Gasteiger partial charge < -0.3 is 10.1 Å². The number of aryl methyl sites for hydroxylation is 1. The fraction of sp³-hybridized carbons (Fsp3) is 0.0870. The summed E-state index contributed by atoms with van der Waals surface area (Å²) in [5.74, 6) is -10.2. The summed E-state index contributed by atoms with van der Waals surface area (Å²) >= 11 is 6.57. The van der Waals surface area contributed by atoms with Crippen molar-refractivity contribution in [2.24, 2.45) is 0 Å². The summed E-state index contributed by atoms with van der Waals surface area (Å²) in [7, 11) is 0.837. The van der Waals surface area contributed by atoms with Crippen LogP contribution in [-0.4, -0.2) is 23.1 Å². The fourth-order valence-electron chi connectivity index (χ4n) is 3.24. The first-order valence-electron chi connectivity index (χ1n) is 9.70. The third-order valence-corrected chi connectivity index (χ3v) is 6.19. The maximum atomic E-state index is 14.2. The van der Waals surface area contributed by atoms with Crippen LogP contribution in [-0.2, 0) is 0 Å². The van der Waals surface area contributed by atoms with E-state index in [1.165, 1.54) is 11.3 Å². The van der Waals surface area contributed by atoms with Gasteiger partial charge in [0, 0.05) is 11.3 Å². The van der Waals surface area contributed by atoms with E-state index < -0.39 is 40.5 Å². The average Bonchev–Trinajstić information content (AvgIpc) is 3.24. The van der Waals surface area contributed by atoms with Crippen molar-refractivity contribution in [1.82, 2.24) is 10.3 Å². The van der Waals surface area contributed by atoms with Crippen LogP contribution in [0, 0.1) is 30.2 Å². The minimum atomic E-state index is -1.90. The second-order valence-electron chi connectivity index (χ2n) is 7.09. The molecule has 0 radical (unpaired) electrons. The Kier molecular flexibility index (Phi) is 6.49. The van der Waals surface area contributed by atoms with Gasteiger partial charge in [0.05, 0.1) is 17.3 Å². The molecule has 174 valence electrons. The van der Waals surface area contributed by atoms with Gasteiger partial charge in [-0.15, -0.1) is 11.3 Å². The summed E-state index contributed by atoms with van der Waals surface area (Å²) < 4.78 is 61.5. The molecular weight excluding hydrogens is 490 g/mol. The van der Waals surface area contributed by atoms with Crippen molar-refractivity contribution in [3.63, 3.8) is 0 Å². The van der Waals surface area contributed by atoms with Gasteiger partial charge in [0.1, 0.15) is 10.6 Å². The number of thiazole rings is 1. The van der Waals surface area contributed by atoms with E-state index in [1.54, 1.807) is 19.1 Å². The number of benzene rings is 3. The molecule has 3 aromatic carbocycles. The number of halogens is 4. The van der Waals surface area contributed by atoms with Crippen LogP contribution in [0.2, 0.25) is 0 Å². The van der Waals surface area contributed by atoms with E-state index in [9.17, 15) is 22.4 Å². The second-order valence-corrected chi connectivity index (χ2v) is 8.53. The van der Waals surface area contributed by atoms with E-state index >= 15 is 0 Å². The van der Waals surface area contributed by atoms with Crippen LogP contribution >= 0.6 is 23.6 Å². The highest BCUT2D eigenvalue weighted by Gasteiger charge is 2.30. The molecule has 0 spiro atoms. The molecular formula is C23H15F4N3O2S2. The highest BCUT2D eigenvalue weighted by Crippen LogP contribution is 2.32. The molecule has 0 saturated carbocycles. The van der Waals surface area contributed by atoms with Gasteiger partial charge in [0.2, 0.25) is 11.6 Å². The Hall–Kier alpha value is -3.57. The molecule has 2 N–H and O–H groups in total. The minimum Gasteiger partial charge on any atom is -0.491 e. The van der Waals surface area contributed by atoms with Crippen LogP contribution in [0.3, 0.4) is 0 Å². The number of hydrogen-bond acceptors (Lipinski definition) is 5. The van der Waals surface area contributed by atoms with Gasteiger partial charge >= 0.3 is 0 Å². The first kappa shape index (κ1) is 23.6. The van der Waals surface area contributed by atoms with E-state index in [0.29, 0.717) is 5.69 Å². The first-order valence-corrected chi connectivity index (χ1v) is 10.9. The Bertz CT molecular complexity index is 1390. The number of methoxy groups -OCH3 is 1. The summed E-state index contributed by atoms with van der Waals surface area (Å²) in [6.07, 6.45) is 0. The number of hydrogen-bond donors (Lipinski definition) is 2. The van der Waals surface area contributed by atoms with Crippen LogP contribution in [0.4, 0.5) is 23.2 Å². The van der Waals surface area contributed by atoms with E-state index in [2.05, 4.69) is 15.0 Å². The predicted molar refractivity (Wildman–Crippen MR) is 126 cm³/mol. The lowest BCUT2D eigenvalue weighted by atomic mass is 10.1. The third-order valence-electron chi connectivity index (χ3n) is 4.90. The number of carbonyl (C=O) groups excluding carboxylic acids is 1. The lowest BCUT2D eigenvalue weighted by Crippen LogP contribution is -2.35. The number of anilines is 1. The quantitative estimate of drug-likeness (QED) is 0.204. The monoisotopic (exact) mass is 505 g/mol. The van der Waals surface area contributed by atoms with Crippen molar-refractivity contribution in [2.75, 3.05) is 12.4 Å². The smallest absolute Gasteiger partial charge is 0.263 e. The van der Waals surface area contributed by atoms with Crippen LogP contribution in [0.25, 0.3) is 20.8 Å². The minimum absolute atomic E-state index is 0.323. The van der Waals surface area contributed by atoms with Crippen molar-refractivity contribution in [2.45, 2.75) is 6.92 Å². The van der Waals surface area contributed by atoms with Crippen molar-refractivity contribution in [1.29, 1.82) is 0 Å².